The maximum atomic E-state index is 11.1. The molecule has 0 aliphatic rings. The van der Waals surface area contributed by atoms with Crippen molar-refractivity contribution in [1.29, 1.82) is 0 Å². The SMILES string of the molecule is [CH2]Sc1nnc(-c2ccc(OC(C)=O)c(OC(C)=O)c2)s1. The van der Waals surface area contributed by atoms with Crippen LogP contribution in [0, 0.1) is 6.26 Å². The highest BCUT2D eigenvalue weighted by Gasteiger charge is 2.14. The molecule has 0 saturated heterocycles. The Morgan fingerprint density at radius 3 is 2.38 bits per heavy atom. The first-order chi connectivity index (χ1) is 9.99. The minimum atomic E-state index is -0.508. The van der Waals surface area contributed by atoms with Gasteiger partial charge in [0.25, 0.3) is 0 Å². The Kier molecular flexibility index (Phi) is 4.92. The first kappa shape index (κ1) is 15.5. The summed E-state index contributed by atoms with van der Waals surface area (Å²) in [5.74, 6) is -0.665. The number of rotatable bonds is 4. The van der Waals surface area contributed by atoms with Crippen LogP contribution in [0.3, 0.4) is 0 Å². The molecular weight excluding hydrogens is 312 g/mol. The van der Waals surface area contributed by atoms with Crippen molar-refractivity contribution in [2.75, 3.05) is 0 Å². The lowest BCUT2D eigenvalue weighted by atomic mass is 10.2. The second-order valence-electron chi connectivity index (χ2n) is 3.87. The van der Waals surface area contributed by atoms with Gasteiger partial charge in [-0.05, 0) is 18.2 Å². The molecule has 0 unspecified atom stereocenters. The summed E-state index contributed by atoms with van der Waals surface area (Å²) in [6.45, 7) is 2.54. The van der Waals surface area contributed by atoms with E-state index in [1.807, 2.05) is 0 Å². The van der Waals surface area contributed by atoms with E-state index in [1.165, 1.54) is 36.9 Å². The van der Waals surface area contributed by atoms with Gasteiger partial charge in [0.15, 0.2) is 15.8 Å². The van der Waals surface area contributed by atoms with Gasteiger partial charge in [-0.3, -0.25) is 9.59 Å². The van der Waals surface area contributed by atoms with Gasteiger partial charge in [0.05, 0.1) is 0 Å². The van der Waals surface area contributed by atoms with E-state index in [4.69, 9.17) is 9.47 Å². The molecular formula is C13H11N2O4S2. The van der Waals surface area contributed by atoms with Crippen molar-refractivity contribution in [1.82, 2.24) is 10.2 Å². The van der Waals surface area contributed by atoms with E-state index in [2.05, 4.69) is 16.5 Å². The Hall–Kier alpha value is -1.93. The van der Waals surface area contributed by atoms with Crippen LogP contribution in [0.25, 0.3) is 10.6 Å². The van der Waals surface area contributed by atoms with Gasteiger partial charge in [-0.1, -0.05) is 23.1 Å². The van der Waals surface area contributed by atoms with Crippen LogP contribution in [0.5, 0.6) is 11.5 Å². The molecule has 109 valence electrons. The van der Waals surface area contributed by atoms with E-state index in [0.29, 0.717) is 10.6 Å². The molecule has 6 nitrogen and oxygen atoms in total. The molecule has 0 spiro atoms. The fourth-order valence-corrected chi connectivity index (χ4v) is 2.64. The summed E-state index contributed by atoms with van der Waals surface area (Å²) < 4.78 is 10.8. The maximum absolute atomic E-state index is 11.1. The van der Waals surface area contributed by atoms with E-state index in [9.17, 15) is 9.59 Å². The Morgan fingerprint density at radius 2 is 1.81 bits per heavy atom. The van der Waals surface area contributed by atoms with Gasteiger partial charge in [-0.2, -0.15) is 0 Å². The molecule has 0 bridgehead atoms. The molecule has 0 N–H and O–H groups in total. The molecule has 0 amide bonds. The molecule has 1 heterocycles. The van der Waals surface area contributed by atoms with Crippen molar-refractivity contribution in [3.8, 4) is 22.1 Å². The van der Waals surface area contributed by atoms with Crippen LogP contribution < -0.4 is 9.47 Å². The molecule has 1 aromatic carbocycles. The van der Waals surface area contributed by atoms with Gasteiger partial charge < -0.3 is 9.47 Å². The lowest BCUT2D eigenvalue weighted by Gasteiger charge is -2.09. The van der Waals surface area contributed by atoms with Crippen molar-refractivity contribution in [2.45, 2.75) is 18.2 Å². The van der Waals surface area contributed by atoms with E-state index < -0.39 is 11.9 Å². The van der Waals surface area contributed by atoms with E-state index >= 15 is 0 Å². The third-order valence-electron chi connectivity index (χ3n) is 2.23. The fourth-order valence-electron chi connectivity index (χ4n) is 1.50. The number of ether oxygens (including phenoxy) is 2. The van der Waals surface area contributed by atoms with Crippen LogP contribution in [-0.4, -0.2) is 22.1 Å². The van der Waals surface area contributed by atoms with Crippen LogP contribution in [0.1, 0.15) is 13.8 Å². The quantitative estimate of drug-likeness (QED) is 0.486. The second-order valence-corrected chi connectivity index (χ2v) is 5.78. The van der Waals surface area contributed by atoms with Gasteiger partial charge in [-0.15, -0.1) is 10.2 Å². The largest absolute Gasteiger partial charge is 0.423 e. The average molecular weight is 323 g/mol. The standard InChI is InChI=1S/C13H11N2O4S2/c1-7(16)18-10-5-4-9(6-11(10)19-8(2)17)12-14-15-13(20-3)21-12/h4-6H,3H2,1-2H3. The lowest BCUT2D eigenvalue weighted by Crippen LogP contribution is -2.07. The zero-order chi connectivity index (χ0) is 15.4. The molecule has 2 aromatic rings. The topological polar surface area (TPSA) is 78.4 Å². The Morgan fingerprint density at radius 1 is 1.14 bits per heavy atom. The van der Waals surface area contributed by atoms with E-state index in [0.717, 1.165) is 4.34 Å². The maximum Gasteiger partial charge on any atom is 0.308 e. The summed E-state index contributed by atoms with van der Waals surface area (Å²) >= 11 is 2.61. The van der Waals surface area contributed by atoms with Gasteiger partial charge in [0, 0.05) is 25.7 Å². The smallest absolute Gasteiger partial charge is 0.308 e. The zero-order valence-corrected chi connectivity index (χ0v) is 12.9. The molecule has 0 aliphatic heterocycles. The first-order valence-electron chi connectivity index (χ1n) is 5.76. The molecule has 0 saturated carbocycles. The number of carbonyl (C=O) groups excluding carboxylic acids is 2. The highest BCUT2D eigenvalue weighted by Crippen LogP contribution is 2.35. The molecule has 0 fully saturated rings. The van der Waals surface area contributed by atoms with Crippen molar-refractivity contribution in [3.05, 3.63) is 24.5 Å². The number of esters is 2. The average Bonchev–Trinajstić information content (AvgIpc) is 2.88. The Bertz CT molecular complexity index is 685. The highest BCUT2D eigenvalue weighted by atomic mass is 32.2. The third kappa shape index (κ3) is 4.02. The number of benzene rings is 1. The van der Waals surface area contributed by atoms with Crippen molar-refractivity contribution in [2.24, 2.45) is 0 Å². The van der Waals surface area contributed by atoms with Crippen LogP contribution in [0.4, 0.5) is 0 Å². The van der Waals surface area contributed by atoms with Crippen LogP contribution >= 0.6 is 23.1 Å². The Balaban J connectivity index is 2.39. The minimum absolute atomic E-state index is 0.161. The number of carbonyl (C=O) groups is 2. The molecule has 1 aromatic heterocycles. The van der Waals surface area contributed by atoms with Crippen LogP contribution in [0.15, 0.2) is 22.5 Å². The number of hydrogen-bond acceptors (Lipinski definition) is 8. The number of hydrogen-bond donors (Lipinski definition) is 0. The molecule has 2 rings (SSSR count). The van der Waals surface area contributed by atoms with Crippen molar-refractivity contribution < 1.29 is 19.1 Å². The third-order valence-corrected chi connectivity index (χ3v) is 3.93. The molecule has 0 aliphatic carbocycles. The van der Waals surface area contributed by atoms with Gasteiger partial charge >= 0.3 is 11.9 Å². The van der Waals surface area contributed by atoms with Gasteiger partial charge in [-0.25, -0.2) is 0 Å². The zero-order valence-electron chi connectivity index (χ0n) is 11.3. The summed E-state index contributed by atoms with van der Waals surface area (Å²) in [5.41, 5.74) is 0.708. The monoisotopic (exact) mass is 323 g/mol. The van der Waals surface area contributed by atoms with Crippen molar-refractivity contribution >= 4 is 35.0 Å². The predicted octanol–water partition coefficient (Wildman–Crippen LogP) is 2.94. The fraction of sp³-hybridized carbons (Fsp3) is 0.154. The number of nitrogens with zero attached hydrogens (tertiary/aromatic N) is 2. The molecule has 8 heteroatoms. The van der Waals surface area contributed by atoms with Crippen LogP contribution in [0.2, 0.25) is 0 Å². The predicted molar refractivity (Wildman–Crippen MR) is 79.2 cm³/mol. The Labute approximate surface area is 129 Å². The van der Waals surface area contributed by atoms with Gasteiger partial charge in [0.2, 0.25) is 0 Å². The van der Waals surface area contributed by atoms with Crippen LogP contribution in [-0.2, 0) is 9.59 Å². The molecule has 0 atom stereocenters. The van der Waals surface area contributed by atoms with E-state index in [-0.39, 0.29) is 11.5 Å². The number of aromatic nitrogens is 2. The van der Waals surface area contributed by atoms with Crippen molar-refractivity contribution in [3.63, 3.8) is 0 Å². The summed E-state index contributed by atoms with van der Waals surface area (Å²) in [6, 6.07) is 4.84. The van der Waals surface area contributed by atoms with E-state index in [1.54, 1.807) is 18.2 Å². The second kappa shape index (κ2) is 6.68. The van der Waals surface area contributed by atoms with Gasteiger partial charge in [0.1, 0.15) is 5.01 Å². The molecule has 21 heavy (non-hydrogen) atoms. The molecule has 1 radical (unpaired) electrons. The first-order valence-corrected chi connectivity index (χ1v) is 7.56. The summed E-state index contributed by atoms with van der Waals surface area (Å²) in [6.07, 6.45) is 3.66. The summed E-state index contributed by atoms with van der Waals surface area (Å²) in [7, 11) is 0. The highest BCUT2D eigenvalue weighted by molar-refractivity contribution is 8.02. The number of thioether (sulfide) groups is 1. The lowest BCUT2D eigenvalue weighted by molar-refractivity contribution is -0.134. The minimum Gasteiger partial charge on any atom is -0.423 e. The normalized spacial score (nSPS) is 10.2. The summed E-state index contributed by atoms with van der Waals surface area (Å²) in [5, 5.41) is 8.63. The summed E-state index contributed by atoms with van der Waals surface area (Å²) in [4.78, 5) is 22.2.